The zero-order chi connectivity index (χ0) is 32.2. The monoisotopic (exact) mass is 617 g/mol. The van der Waals surface area contributed by atoms with Crippen molar-refractivity contribution in [1.82, 2.24) is 9.55 Å². The Labute approximate surface area is 277 Å². The molecule has 5 nitrogen and oxygen atoms in total. The second-order valence-corrected chi connectivity index (χ2v) is 11.9. The smallest absolute Gasteiger partial charge is 0.268 e. The summed E-state index contributed by atoms with van der Waals surface area (Å²) in [6.45, 7) is 0. The van der Waals surface area contributed by atoms with E-state index in [1.807, 2.05) is 115 Å². The Morgan fingerprint density at radius 1 is 0.438 bits per heavy atom. The maximum atomic E-state index is 14.9. The van der Waals surface area contributed by atoms with Gasteiger partial charge in [-0.25, -0.2) is 4.90 Å². The molecule has 0 spiro atoms. The van der Waals surface area contributed by atoms with Gasteiger partial charge in [0.2, 0.25) is 0 Å². The second-order valence-electron chi connectivity index (χ2n) is 11.9. The molecule has 0 saturated heterocycles. The van der Waals surface area contributed by atoms with E-state index in [1.54, 1.807) is 18.5 Å². The van der Waals surface area contributed by atoms with Gasteiger partial charge >= 0.3 is 0 Å². The van der Waals surface area contributed by atoms with Crippen molar-refractivity contribution in [3.05, 3.63) is 175 Å². The van der Waals surface area contributed by atoms with Gasteiger partial charge in [0.25, 0.3) is 11.8 Å². The van der Waals surface area contributed by atoms with Crippen LogP contribution in [0.5, 0.6) is 0 Å². The Balaban J connectivity index is 1.29. The van der Waals surface area contributed by atoms with Crippen molar-refractivity contribution in [1.29, 1.82) is 0 Å². The van der Waals surface area contributed by atoms with E-state index in [-0.39, 0.29) is 11.8 Å². The summed E-state index contributed by atoms with van der Waals surface area (Å²) in [5.74, 6) is -0.685. The SMILES string of the molecule is O=C1c2cccc(-n3c4ccccc4c4cccc(-c5ccncc5)c43)c2C(=O)N1c1cc(-c2ccccc2)ccc1-c1ccccc1. The molecule has 9 rings (SSSR count). The van der Waals surface area contributed by atoms with E-state index >= 15 is 0 Å². The molecule has 2 amide bonds. The lowest BCUT2D eigenvalue weighted by Crippen LogP contribution is -2.30. The van der Waals surface area contributed by atoms with Gasteiger partial charge in [0, 0.05) is 34.3 Å². The van der Waals surface area contributed by atoms with Crippen LogP contribution in [0, 0.1) is 0 Å². The first-order valence-corrected chi connectivity index (χ1v) is 15.9. The molecular formula is C43H27N3O2. The van der Waals surface area contributed by atoms with Crippen molar-refractivity contribution in [3.8, 4) is 39.1 Å². The maximum Gasteiger partial charge on any atom is 0.268 e. The molecule has 2 aromatic heterocycles. The van der Waals surface area contributed by atoms with E-state index in [1.165, 1.54) is 4.90 Å². The lowest BCUT2D eigenvalue weighted by atomic mass is 9.97. The van der Waals surface area contributed by atoms with E-state index in [9.17, 15) is 9.59 Å². The second kappa shape index (κ2) is 11.0. The van der Waals surface area contributed by atoms with Crippen LogP contribution in [0.1, 0.15) is 20.7 Å². The third-order valence-electron chi connectivity index (χ3n) is 9.25. The van der Waals surface area contributed by atoms with Gasteiger partial charge in [-0.3, -0.25) is 14.6 Å². The highest BCUT2D eigenvalue weighted by Gasteiger charge is 2.40. The maximum absolute atomic E-state index is 14.9. The Morgan fingerprint density at radius 3 is 1.88 bits per heavy atom. The van der Waals surface area contributed by atoms with Crippen molar-refractivity contribution < 1.29 is 9.59 Å². The van der Waals surface area contributed by atoms with Gasteiger partial charge in [0.1, 0.15) is 0 Å². The summed E-state index contributed by atoms with van der Waals surface area (Å²) in [6, 6.07) is 50.0. The topological polar surface area (TPSA) is 55.2 Å². The number of carbonyl (C=O) groups excluding carboxylic acids is 2. The van der Waals surface area contributed by atoms with Gasteiger partial charge in [0.15, 0.2) is 0 Å². The molecule has 8 aromatic rings. The predicted octanol–water partition coefficient (Wildman–Crippen LogP) is 9.98. The molecule has 0 unspecified atom stereocenters. The first-order chi connectivity index (χ1) is 23.7. The highest BCUT2D eigenvalue weighted by molar-refractivity contribution is 6.36. The largest absolute Gasteiger partial charge is 0.308 e. The highest BCUT2D eigenvalue weighted by atomic mass is 16.2. The number of hydrogen-bond donors (Lipinski definition) is 0. The van der Waals surface area contributed by atoms with Crippen LogP contribution in [0.2, 0.25) is 0 Å². The van der Waals surface area contributed by atoms with Crippen molar-refractivity contribution >= 4 is 39.3 Å². The molecule has 0 aliphatic carbocycles. The summed E-state index contributed by atoms with van der Waals surface area (Å²) in [7, 11) is 0. The standard InChI is InChI=1S/C43H27N3O2/c47-42-36-18-10-20-38(45-37-19-8-7-15-34(37)35-17-9-16-33(41(35)45)30-23-25-44-26-24-30)40(36)43(48)46(42)39-27-31(28-11-3-1-4-12-28)21-22-32(39)29-13-5-2-6-14-29/h1-27H. The molecule has 3 heterocycles. The number of fused-ring (bicyclic) bond motifs is 4. The molecule has 1 aliphatic rings. The minimum atomic E-state index is -0.347. The summed E-state index contributed by atoms with van der Waals surface area (Å²) in [5.41, 5.74) is 9.60. The molecule has 0 saturated carbocycles. The number of hydrogen-bond acceptors (Lipinski definition) is 3. The van der Waals surface area contributed by atoms with Gasteiger partial charge in [0.05, 0.1) is 33.5 Å². The van der Waals surface area contributed by atoms with Crippen LogP contribution in [-0.4, -0.2) is 21.4 Å². The average molecular weight is 618 g/mol. The molecule has 1 aliphatic heterocycles. The van der Waals surface area contributed by atoms with Crippen molar-refractivity contribution in [2.75, 3.05) is 4.90 Å². The predicted molar refractivity (Wildman–Crippen MR) is 192 cm³/mol. The molecular weight excluding hydrogens is 590 g/mol. The lowest BCUT2D eigenvalue weighted by molar-refractivity contribution is 0.0926. The number of pyridine rings is 1. The minimum Gasteiger partial charge on any atom is -0.308 e. The summed E-state index contributed by atoms with van der Waals surface area (Å²) >= 11 is 0. The van der Waals surface area contributed by atoms with Crippen LogP contribution >= 0.6 is 0 Å². The first-order valence-electron chi connectivity index (χ1n) is 15.9. The lowest BCUT2D eigenvalue weighted by Gasteiger charge is -2.20. The summed E-state index contributed by atoms with van der Waals surface area (Å²) in [6.07, 6.45) is 3.57. The number of anilines is 1. The molecule has 5 heteroatoms. The molecule has 226 valence electrons. The average Bonchev–Trinajstić information content (AvgIpc) is 3.63. The van der Waals surface area contributed by atoms with Crippen molar-refractivity contribution in [2.45, 2.75) is 0 Å². The van der Waals surface area contributed by atoms with Gasteiger partial charge in [-0.1, -0.05) is 115 Å². The van der Waals surface area contributed by atoms with Crippen molar-refractivity contribution in [3.63, 3.8) is 0 Å². The summed E-state index contributed by atoms with van der Waals surface area (Å²) in [4.78, 5) is 34.9. The number of rotatable bonds is 5. The Hall–Kier alpha value is -6.59. The van der Waals surface area contributed by atoms with E-state index in [0.29, 0.717) is 22.5 Å². The Bertz CT molecular complexity index is 2540. The molecule has 0 radical (unpaired) electrons. The number of amides is 2. The zero-order valence-corrected chi connectivity index (χ0v) is 25.7. The van der Waals surface area contributed by atoms with Crippen LogP contribution < -0.4 is 4.90 Å². The summed E-state index contributed by atoms with van der Waals surface area (Å²) < 4.78 is 2.15. The number of benzene rings is 6. The van der Waals surface area contributed by atoms with Gasteiger partial charge in [-0.15, -0.1) is 0 Å². The fourth-order valence-corrected chi connectivity index (χ4v) is 7.09. The molecule has 0 N–H and O–H groups in total. The highest BCUT2D eigenvalue weighted by Crippen LogP contribution is 2.43. The fraction of sp³-hybridized carbons (Fsp3) is 0. The normalized spacial score (nSPS) is 12.6. The fourth-order valence-electron chi connectivity index (χ4n) is 7.09. The van der Waals surface area contributed by atoms with Crippen LogP contribution in [0.3, 0.4) is 0 Å². The molecule has 6 aromatic carbocycles. The number of para-hydroxylation sites is 2. The van der Waals surface area contributed by atoms with Crippen LogP contribution in [0.4, 0.5) is 5.69 Å². The Morgan fingerprint density at radius 2 is 1.08 bits per heavy atom. The van der Waals surface area contributed by atoms with Gasteiger partial charge < -0.3 is 4.57 Å². The van der Waals surface area contributed by atoms with Gasteiger partial charge in [-0.2, -0.15) is 0 Å². The number of nitrogens with zero attached hydrogens (tertiary/aromatic N) is 3. The van der Waals surface area contributed by atoms with Crippen LogP contribution in [-0.2, 0) is 0 Å². The molecule has 48 heavy (non-hydrogen) atoms. The molecule has 0 fully saturated rings. The third kappa shape index (κ3) is 4.22. The third-order valence-corrected chi connectivity index (χ3v) is 9.25. The number of carbonyl (C=O) groups is 2. The van der Waals surface area contributed by atoms with E-state index in [2.05, 4.69) is 39.9 Å². The van der Waals surface area contributed by atoms with Gasteiger partial charge in [-0.05, 0) is 58.7 Å². The molecule has 0 bridgehead atoms. The minimum absolute atomic E-state index is 0.339. The van der Waals surface area contributed by atoms with Crippen LogP contribution in [0.15, 0.2) is 164 Å². The Kier molecular flexibility index (Phi) is 6.37. The number of imide groups is 1. The van der Waals surface area contributed by atoms with E-state index in [0.717, 1.165) is 55.2 Å². The van der Waals surface area contributed by atoms with E-state index < -0.39 is 0 Å². The van der Waals surface area contributed by atoms with E-state index in [4.69, 9.17) is 0 Å². The number of aromatic nitrogens is 2. The molecule has 0 atom stereocenters. The zero-order valence-electron chi connectivity index (χ0n) is 25.7. The quantitative estimate of drug-likeness (QED) is 0.181. The first kappa shape index (κ1) is 27.7. The summed E-state index contributed by atoms with van der Waals surface area (Å²) in [5, 5.41) is 2.13. The van der Waals surface area contributed by atoms with Crippen molar-refractivity contribution in [2.24, 2.45) is 0 Å². The van der Waals surface area contributed by atoms with Crippen LogP contribution in [0.25, 0.3) is 60.9 Å².